The number of thioether (sulfide) groups is 1. The van der Waals surface area contributed by atoms with Crippen LogP contribution < -0.4 is 5.32 Å². The maximum Gasteiger partial charge on any atom is 0.134 e. The molecule has 0 amide bonds. The molecule has 1 heterocycles. The highest BCUT2D eigenvalue weighted by molar-refractivity contribution is 7.99. The van der Waals surface area contributed by atoms with Gasteiger partial charge in [0.15, 0.2) is 0 Å². The lowest BCUT2D eigenvalue weighted by atomic mass is 9.94. The molecule has 1 aliphatic rings. The Labute approximate surface area is 118 Å². The first-order valence-electron chi connectivity index (χ1n) is 7.10. The monoisotopic (exact) mass is 275 g/mol. The lowest BCUT2D eigenvalue weighted by Gasteiger charge is -2.31. The van der Waals surface area contributed by atoms with Crippen LogP contribution in [0.3, 0.4) is 0 Å². The van der Waals surface area contributed by atoms with Crippen molar-refractivity contribution >= 4 is 22.7 Å². The van der Waals surface area contributed by atoms with E-state index in [4.69, 9.17) is 4.42 Å². The van der Waals surface area contributed by atoms with E-state index in [0.29, 0.717) is 6.04 Å². The number of para-hydroxylation sites is 1. The smallest absolute Gasteiger partial charge is 0.134 e. The van der Waals surface area contributed by atoms with Crippen molar-refractivity contribution in [2.45, 2.75) is 43.5 Å². The third kappa shape index (κ3) is 2.82. The second-order valence-corrected chi connectivity index (χ2v) is 6.38. The predicted molar refractivity (Wildman–Crippen MR) is 82.6 cm³/mol. The van der Waals surface area contributed by atoms with E-state index in [-0.39, 0.29) is 0 Å². The zero-order valence-electron chi connectivity index (χ0n) is 11.4. The number of benzene rings is 1. The second-order valence-electron chi connectivity index (χ2n) is 5.30. The van der Waals surface area contributed by atoms with Gasteiger partial charge in [-0.15, -0.1) is 0 Å². The summed E-state index contributed by atoms with van der Waals surface area (Å²) < 4.78 is 5.60. The number of hydrogen-bond donors (Lipinski definition) is 1. The van der Waals surface area contributed by atoms with E-state index in [1.54, 1.807) is 0 Å². The molecule has 0 radical (unpaired) electrons. The van der Waals surface area contributed by atoms with Crippen molar-refractivity contribution in [3.8, 4) is 0 Å². The van der Waals surface area contributed by atoms with Crippen LogP contribution in [0.5, 0.6) is 0 Å². The molecule has 0 saturated heterocycles. The first-order chi connectivity index (χ1) is 9.38. The van der Waals surface area contributed by atoms with Gasteiger partial charge in [0.1, 0.15) is 5.58 Å². The molecule has 102 valence electrons. The predicted octanol–water partition coefficient (Wildman–Crippen LogP) is 4.20. The molecule has 1 aromatic carbocycles. The summed E-state index contributed by atoms with van der Waals surface area (Å²) in [5.41, 5.74) is 2.27. The molecular formula is C16H21NOS. The molecule has 0 bridgehead atoms. The Hall–Kier alpha value is -0.930. The average molecular weight is 275 g/mol. The summed E-state index contributed by atoms with van der Waals surface area (Å²) in [7, 11) is 0. The van der Waals surface area contributed by atoms with Gasteiger partial charge in [0.2, 0.25) is 0 Å². The largest absolute Gasteiger partial charge is 0.464 e. The van der Waals surface area contributed by atoms with Gasteiger partial charge in [-0.25, -0.2) is 0 Å². The third-order valence-electron chi connectivity index (χ3n) is 4.12. The van der Waals surface area contributed by atoms with Crippen molar-refractivity contribution in [1.29, 1.82) is 0 Å². The molecule has 2 nitrogen and oxygen atoms in total. The Balaban J connectivity index is 1.68. The lowest BCUT2D eigenvalue weighted by Crippen LogP contribution is -2.39. The van der Waals surface area contributed by atoms with Crippen LogP contribution in [0.4, 0.5) is 0 Å². The second kappa shape index (κ2) is 6.02. The van der Waals surface area contributed by atoms with E-state index in [1.165, 1.54) is 36.6 Å². The van der Waals surface area contributed by atoms with E-state index in [2.05, 4.69) is 23.7 Å². The highest BCUT2D eigenvalue weighted by atomic mass is 32.2. The molecule has 2 aromatic rings. The van der Waals surface area contributed by atoms with Crippen LogP contribution in [0.15, 0.2) is 34.9 Å². The molecule has 1 saturated carbocycles. The average Bonchev–Trinajstić information content (AvgIpc) is 2.89. The van der Waals surface area contributed by atoms with Crippen molar-refractivity contribution in [2.75, 3.05) is 6.26 Å². The van der Waals surface area contributed by atoms with Crippen molar-refractivity contribution in [3.63, 3.8) is 0 Å². The quantitative estimate of drug-likeness (QED) is 0.905. The Morgan fingerprint density at radius 2 is 2.11 bits per heavy atom. The Morgan fingerprint density at radius 3 is 3.00 bits per heavy atom. The van der Waals surface area contributed by atoms with Crippen LogP contribution in [0.1, 0.15) is 31.2 Å². The molecule has 19 heavy (non-hydrogen) atoms. The van der Waals surface area contributed by atoms with Crippen LogP contribution in [-0.4, -0.2) is 17.5 Å². The zero-order chi connectivity index (χ0) is 13.1. The van der Waals surface area contributed by atoms with Crippen molar-refractivity contribution in [3.05, 3.63) is 36.1 Å². The van der Waals surface area contributed by atoms with E-state index in [0.717, 1.165) is 17.4 Å². The summed E-state index contributed by atoms with van der Waals surface area (Å²) in [5, 5.41) is 5.75. The first kappa shape index (κ1) is 13.1. The molecule has 1 aromatic heterocycles. The Bertz CT molecular complexity index is 536. The first-order valence-corrected chi connectivity index (χ1v) is 8.38. The number of furan rings is 1. The maximum atomic E-state index is 5.60. The number of rotatable bonds is 4. The van der Waals surface area contributed by atoms with Crippen LogP contribution >= 0.6 is 11.8 Å². The highest BCUT2D eigenvalue weighted by Crippen LogP contribution is 2.28. The maximum absolute atomic E-state index is 5.60. The molecule has 2 atom stereocenters. The normalized spacial score (nSPS) is 23.8. The van der Waals surface area contributed by atoms with E-state index < -0.39 is 0 Å². The van der Waals surface area contributed by atoms with Crippen LogP contribution in [-0.2, 0) is 6.54 Å². The zero-order valence-corrected chi connectivity index (χ0v) is 12.2. The SMILES string of the molecule is CSC1CCCCC1NCc1coc2ccccc12. The number of fused-ring (bicyclic) bond motifs is 1. The molecule has 2 unspecified atom stereocenters. The Kier molecular flexibility index (Phi) is 4.14. The van der Waals surface area contributed by atoms with Gasteiger partial charge in [0, 0.05) is 28.8 Å². The molecule has 1 N–H and O–H groups in total. The van der Waals surface area contributed by atoms with Crippen LogP contribution in [0, 0.1) is 0 Å². The summed E-state index contributed by atoms with van der Waals surface area (Å²) >= 11 is 2.01. The van der Waals surface area contributed by atoms with Gasteiger partial charge >= 0.3 is 0 Å². The van der Waals surface area contributed by atoms with Gasteiger partial charge in [0.25, 0.3) is 0 Å². The molecule has 1 fully saturated rings. The van der Waals surface area contributed by atoms with Gasteiger partial charge in [-0.1, -0.05) is 31.0 Å². The minimum Gasteiger partial charge on any atom is -0.464 e. The number of nitrogens with one attached hydrogen (secondary N) is 1. The van der Waals surface area contributed by atoms with E-state index in [9.17, 15) is 0 Å². The molecule has 0 spiro atoms. The Morgan fingerprint density at radius 1 is 1.26 bits per heavy atom. The fraction of sp³-hybridized carbons (Fsp3) is 0.500. The van der Waals surface area contributed by atoms with Gasteiger partial charge in [-0.05, 0) is 25.2 Å². The summed E-state index contributed by atoms with van der Waals surface area (Å²) in [6.45, 7) is 0.915. The lowest BCUT2D eigenvalue weighted by molar-refractivity contribution is 0.383. The van der Waals surface area contributed by atoms with Crippen molar-refractivity contribution < 1.29 is 4.42 Å². The molecular weight excluding hydrogens is 254 g/mol. The van der Waals surface area contributed by atoms with Crippen molar-refractivity contribution in [2.24, 2.45) is 0 Å². The van der Waals surface area contributed by atoms with Gasteiger partial charge in [-0.3, -0.25) is 0 Å². The summed E-state index contributed by atoms with van der Waals surface area (Å²) in [6.07, 6.45) is 9.54. The highest BCUT2D eigenvalue weighted by Gasteiger charge is 2.23. The summed E-state index contributed by atoms with van der Waals surface area (Å²) in [6, 6.07) is 8.92. The third-order valence-corrected chi connectivity index (χ3v) is 5.29. The van der Waals surface area contributed by atoms with Gasteiger partial charge in [-0.2, -0.15) is 11.8 Å². The van der Waals surface area contributed by atoms with Gasteiger partial charge in [0.05, 0.1) is 6.26 Å². The molecule has 1 aliphatic carbocycles. The summed E-state index contributed by atoms with van der Waals surface area (Å²) in [4.78, 5) is 0. The van der Waals surface area contributed by atoms with Gasteiger partial charge < -0.3 is 9.73 Å². The minimum absolute atomic E-state index is 0.650. The fourth-order valence-corrected chi connectivity index (χ4v) is 3.99. The number of hydrogen-bond acceptors (Lipinski definition) is 3. The molecule has 3 heteroatoms. The fourth-order valence-electron chi connectivity index (χ4n) is 3.02. The van der Waals surface area contributed by atoms with Crippen LogP contribution in [0.25, 0.3) is 11.0 Å². The van der Waals surface area contributed by atoms with Crippen LogP contribution in [0.2, 0.25) is 0 Å². The topological polar surface area (TPSA) is 25.2 Å². The standard InChI is InChI=1S/C16H21NOS/c1-19-16-9-5-3-7-14(16)17-10-12-11-18-15-8-4-2-6-13(12)15/h2,4,6,8,11,14,16-17H,3,5,7,9-10H2,1H3. The minimum atomic E-state index is 0.650. The summed E-state index contributed by atoms with van der Waals surface area (Å²) in [5.74, 6) is 0. The molecule has 0 aliphatic heterocycles. The van der Waals surface area contributed by atoms with Crippen molar-refractivity contribution in [1.82, 2.24) is 5.32 Å². The molecule has 3 rings (SSSR count). The van der Waals surface area contributed by atoms with E-state index >= 15 is 0 Å². The van der Waals surface area contributed by atoms with E-state index in [1.807, 2.05) is 30.2 Å².